The highest BCUT2D eigenvalue weighted by Gasteiger charge is 2.17. The van der Waals surface area contributed by atoms with Crippen LogP contribution in [0, 0.1) is 31.3 Å². The summed E-state index contributed by atoms with van der Waals surface area (Å²) in [6, 6.07) is 1.70. The molecule has 0 aliphatic carbocycles. The maximum atomic E-state index is 13.3. The largest absolute Gasteiger partial charge is 0.217 e. The topological polar surface area (TPSA) is 25.8 Å². The highest BCUT2D eigenvalue weighted by atomic mass is 35.5. The predicted molar refractivity (Wildman–Crippen MR) is 77.2 cm³/mol. The minimum Gasteiger partial charge on any atom is -0.217 e. The van der Waals surface area contributed by atoms with Gasteiger partial charge in [-0.25, -0.2) is 23.1 Å². The molecule has 0 amide bonds. The van der Waals surface area contributed by atoms with Crippen molar-refractivity contribution in [2.75, 3.05) is 0 Å². The van der Waals surface area contributed by atoms with E-state index in [4.69, 9.17) is 11.6 Å². The normalized spacial score (nSPS) is 11.3. The van der Waals surface area contributed by atoms with Gasteiger partial charge < -0.3 is 0 Å². The molecule has 108 valence electrons. The molecule has 2 heterocycles. The van der Waals surface area contributed by atoms with Crippen molar-refractivity contribution in [1.82, 2.24) is 9.97 Å². The van der Waals surface area contributed by atoms with Crippen LogP contribution in [0.2, 0.25) is 5.15 Å². The van der Waals surface area contributed by atoms with Crippen LogP contribution in [0.3, 0.4) is 0 Å². The van der Waals surface area contributed by atoms with Gasteiger partial charge >= 0.3 is 0 Å². The SMILES string of the molecule is Cc1sc2nc(-c3cc(F)c(F)c(F)c3)nc(Cl)c2c1C. The van der Waals surface area contributed by atoms with Crippen LogP contribution in [-0.2, 0) is 0 Å². The molecule has 0 N–H and O–H groups in total. The van der Waals surface area contributed by atoms with Gasteiger partial charge in [-0.1, -0.05) is 11.6 Å². The molecule has 3 rings (SSSR count). The van der Waals surface area contributed by atoms with E-state index < -0.39 is 17.5 Å². The molecule has 1 aromatic carbocycles. The summed E-state index contributed by atoms with van der Waals surface area (Å²) < 4.78 is 39.6. The van der Waals surface area contributed by atoms with Crippen molar-refractivity contribution in [2.24, 2.45) is 0 Å². The van der Waals surface area contributed by atoms with E-state index in [1.807, 2.05) is 13.8 Å². The van der Waals surface area contributed by atoms with Gasteiger partial charge in [-0.2, -0.15) is 0 Å². The summed E-state index contributed by atoms with van der Waals surface area (Å²) in [4.78, 5) is 10.00. The van der Waals surface area contributed by atoms with E-state index in [0.29, 0.717) is 4.83 Å². The minimum absolute atomic E-state index is 0.0407. The maximum Gasteiger partial charge on any atom is 0.194 e. The number of rotatable bonds is 1. The van der Waals surface area contributed by atoms with Gasteiger partial charge in [0.2, 0.25) is 0 Å². The maximum absolute atomic E-state index is 13.3. The average Bonchev–Trinajstić information content (AvgIpc) is 2.71. The highest BCUT2D eigenvalue weighted by Crippen LogP contribution is 2.34. The van der Waals surface area contributed by atoms with E-state index in [1.54, 1.807) is 0 Å². The van der Waals surface area contributed by atoms with Crippen molar-refractivity contribution in [3.8, 4) is 11.4 Å². The summed E-state index contributed by atoms with van der Waals surface area (Å²) in [6.45, 7) is 3.83. The molecule has 0 bridgehead atoms. The number of aryl methyl sites for hydroxylation is 2. The Balaban J connectivity index is 2.26. The van der Waals surface area contributed by atoms with Crippen molar-refractivity contribution in [1.29, 1.82) is 0 Å². The van der Waals surface area contributed by atoms with E-state index >= 15 is 0 Å². The number of benzene rings is 1. The first kappa shape index (κ1) is 14.3. The Labute approximate surface area is 127 Å². The third-order valence-corrected chi connectivity index (χ3v) is 4.60. The van der Waals surface area contributed by atoms with Crippen molar-refractivity contribution >= 4 is 33.2 Å². The van der Waals surface area contributed by atoms with Gasteiger partial charge in [0, 0.05) is 10.4 Å². The van der Waals surface area contributed by atoms with Crippen molar-refractivity contribution in [3.05, 3.63) is 45.2 Å². The second-order valence-corrected chi connectivity index (χ2v) is 6.12. The van der Waals surface area contributed by atoms with Crippen LogP contribution in [0.15, 0.2) is 12.1 Å². The van der Waals surface area contributed by atoms with Crippen molar-refractivity contribution in [3.63, 3.8) is 0 Å². The zero-order chi connectivity index (χ0) is 15.3. The summed E-state index contributed by atoms with van der Waals surface area (Å²) in [5, 5.41) is 0.938. The van der Waals surface area contributed by atoms with Gasteiger partial charge in [-0.05, 0) is 31.5 Å². The van der Waals surface area contributed by atoms with Crippen molar-refractivity contribution in [2.45, 2.75) is 13.8 Å². The molecule has 0 aliphatic rings. The van der Waals surface area contributed by atoms with Gasteiger partial charge in [0.15, 0.2) is 23.3 Å². The average molecular weight is 329 g/mol. The summed E-state index contributed by atoms with van der Waals surface area (Å²) in [6.07, 6.45) is 0. The quantitative estimate of drug-likeness (QED) is 0.461. The van der Waals surface area contributed by atoms with Crippen LogP contribution in [0.4, 0.5) is 13.2 Å². The molecule has 0 atom stereocenters. The van der Waals surface area contributed by atoms with Crippen LogP contribution < -0.4 is 0 Å². The lowest BCUT2D eigenvalue weighted by atomic mass is 10.2. The van der Waals surface area contributed by atoms with Gasteiger partial charge in [0.1, 0.15) is 9.98 Å². The molecular weight excluding hydrogens is 321 g/mol. The first-order chi connectivity index (χ1) is 9.88. The lowest BCUT2D eigenvalue weighted by molar-refractivity contribution is 0.447. The first-order valence-corrected chi connectivity index (χ1v) is 7.16. The lowest BCUT2D eigenvalue weighted by Crippen LogP contribution is -1.95. The van der Waals surface area contributed by atoms with E-state index in [9.17, 15) is 13.2 Å². The number of hydrogen-bond donors (Lipinski definition) is 0. The Morgan fingerprint density at radius 3 is 2.29 bits per heavy atom. The summed E-state index contributed by atoms with van der Waals surface area (Å²) >= 11 is 7.55. The third kappa shape index (κ3) is 2.28. The van der Waals surface area contributed by atoms with Crippen molar-refractivity contribution < 1.29 is 13.2 Å². The first-order valence-electron chi connectivity index (χ1n) is 5.96. The van der Waals surface area contributed by atoms with E-state index in [0.717, 1.165) is 28.0 Å². The Morgan fingerprint density at radius 2 is 1.67 bits per heavy atom. The molecule has 21 heavy (non-hydrogen) atoms. The number of fused-ring (bicyclic) bond motifs is 1. The number of thiophene rings is 1. The molecule has 0 saturated carbocycles. The minimum atomic E-state index is -1.52. The van der Waals surface area contributed by atoms with Gasteiger partial charge in [0.05, 0.1) is 5.39 Å². The molecule has 0 fully saturated rings. The molecule has 0 saturated heterocycles. The molecule has 3 aromatic rings. The van der Waals surface area contributed by atoms with Gasteiger partial charge in [0.25, 0.3) is 0 Å². The van der Waals surface area contributed by atoms with Crippen LogP contribution in [0.25, 0.3) is 21.6 Å². The smallest absolute Gasteiger partial charge is 0.194 e. The third-order valence-electron chi connectivity index (χ3n) is 3.23. The highest BCUT2D eigenvalue weighted by molar-refractivity contribution is 7.18. The molecule has 2 aromatic heterocycles. The molecule has 0 spiro atoms. The second-order valence-electron chi connectivity index (χ2n) is 4.56. The van der Waals surface area contributed by atoms with Gasteiger partial charge in [-0.15, -0.1) is 11.3 Å². The second kappa shape index (κ2) is 4.96. The molecular formula is C14H8ClF3N2S. The Bertz CT molecular complexity index is 853. The number of nitrogens with zero attached hydrogens (tertiary/aromatic N) is 2. The molecule has 0 radical (unpaired) electrons. The fraction of sp³-hybridized carbons (Fsp3) is 0.143. The fourth-order valence-corrected chi connectivity index (χ4v) is 3.41. The van der Waals surface area contributed by atoms with Crippen LogP contribution in [0.5, 0.6) is 0 Å². The Hall–Kier alpha value is -1.66. The van der Waals surface area contributed by atoms with E-state index in [1.165, 1.54) is 11.3 Å². The standard InChI is InChI=1S/C14H8ClF3N2S/c1-5-6(2)21-14-10(5)12(15)19-13(20-14)7-3-8(16)11(18)9(17)4-7/h3-4H,1-2H3. The summed E-state index contributed by atoms with van der Waals surface area (Å²) in [7, 11) is 0. The Morgan fingerprint density at radius 1 is 1.05 bits per heavy atom. The van der Waals surface area contributed by atoms with Crippen LogP contribution >= 0.6 is 22.9 Å². The van der Waals surface area contributed by atoms with E-state index in [2.05, 4.69) is 9.97 Å². The Kier molecular flexibility index (Phi) is 3.37. The molecule has 0 unspecified atom stereocenters. The number of hydrogen-bond acceptors (Lipinski definition) is 3. The monoisotopic (exact) mass is 328 g/mol. The zero-order valence-corrected chi connectivity index (χ0v) is 12.5. The molecule has 7 heteroatoms. The van der Waals surface area contributed by atoms with Crippen LogP contribution in [-0.4, -0.2) is 9.97 Å². The number of aromatic nitrogens is 2. The fourth-order valence-electron chi connectivity index (χ4n) is 2.01. The molecule has 0 aliphatic heterocycles. The molecule has 2 nitrogen and oxygen atoms in total. The van der Waals surface area contributed by atoms with Crippen LogP contribution in [0.1, 0.15) is 10.4 Å². The zero-order valence-electron chi connectivity index (χ0n) is 11.0. The summed E-state index contributed by atoms with van der Waals surface area (Å²) in [5.74, 6) is -4.04. The lowest BCUT2D eigenvalue weighted by Gasteiger charge is -2.04. The van der Waals surface area contributed by atoms with Gasteiger partial charge in [-0.3, -0.25) is 0 Å². The summed E-state index contributed by atoms with van der Waals surface area (Å²) in [5.41, 5.74) is 1.02. The number of halogens is 4. The predicted octanol–water partition coefficient (Wildman–Crippen LogP) is 5.05. The van der Waals surface area contributed by atoms with E-state index in [-0.39, 0.29) is 16.5 Å².